The molecule has 0 aliphatic heterocycles. The van der Waals surface area contributed by atoms with Gasteiger partial charge >= 0.3 is 0 Å². The molecule has 0 atom stereocenters. The summed E-state index contributed by atoms with van der Waals surface area (Å²) >= 11 is 1.84. The van der Waals surface area contributed by atoms with Gasteiger partial charge in [0.25, 0.3) is 0 Å². The Morgan fingerprint density at radius 3 is 2.68 bits per heavy atom. The third-order valence-electron chi connectivity index (χ3n) is 3.16. The lowest BCUT2D eigenvalue weighted by atomic mass is 10.2. The molecular weight excluding hydrogens is 254 g/mol. The van der Waals surface area contributed by atoms with Crippen molar-refractivity contribution < 1.29 is 0 Å². The highest BCUT2D eigenvalue weighted by molar-refractivity contribution is 7.98. The van der Waals surface area contributed by atoms with E-state index < -0.39 is 0 Å². The fourth-order valence-corrected chi connectivity index (χ4v) is 3.11. The summed E-state index contributed by atoms with van der Waals surface area (Å²) in [7, 11) is 0. The molecule has 4 heteroatoms. The minimum absolute atomic E-state index is 0.880. The summed E-state index contributed by atoms with van der Waals surface area (Å²) in [5.74, 6) is 2.97. The predicted octanol–water partition coefficient (Wildman–Crippen LogP) is 3.91. The van der Waals surface area contributed by atoms with Crippen LogP contribution in [-0.4, -0.2) is 14.8 Å². The van der Waals surface area contributed by atoms with Gasteiger partial charge in [-0.1, -0.05) is 24.6 Å². The summed E-state index contributed by atoms with van der Waals surface area (Å²) < 4.78 is 2.22. The van der Waals surface area contributed by atoms with E-state index in [1.165, 1.54) is 16.0 Å². The average molecular weight is 275 g/mol. The third-order valence-corrected chi connectivity index (χ3v) is 4.31. The molecule has 0 radical (unpaired) electrons. The van der Waals surface area contributed by atoms with Crippen LogP contribution in [0, 0.1) is 20.8 Å². The number of aryl methyl sites for hydroxylation is 3. The largest absolute Gasteiger partial charge is 0.315 e. The summed E-state index contributed by atoms with van der Waals surface area (Å²) in [6.07, 6.45) is 1.11. The molecule has 2 rings (SSSR count). The highest BCUT2D eigenvalue weighted by atomic mass is 32.2. The van der Waals surface area contributed by atoms with Gasteiger partial charge in [-0.05, 0) is 38.8 Å². The second-order valence-corrected chi connectivity index (χ2v) is 5.89. The van der Waals surface area contributed by atoms with Crippen molar-refractivity contribution in [2.75, 3.05) is 0 Å². The lowest BCUT2D eigenvalue weighted by molar-refractivity contribution is 0.637. The van der Waals surface area contributed by atoms with Crippen LogP contribution >= 0.6 is 11.8 Å². The van der Waals surface area contributed by atoms with Gasteiger partial charge in [0.1, 0.15) is 11.6 Å². The van der Waals surface area contributed by atoms with Crippen molar-refractivity contribution in [2.24, 2.45) is 0 Å². The minimum Gasteiger partial charge on any atom is -0.315 e. The zero-order valence-electron chi connectivity index (χ0n) is 12.1. The highest BCUT2D eigenvalue weighted by Gasteiger charge is 2.09. The summed E-state index contributed by atoms with van der Waals surface area (Å²) in [6.45, 7) is 9.49. The molecule has 0 amide bonds. The predicted molar refractivity (Wildman–Crippen MR) is 80.5 cm³/mol. The lowest BCUT2D eigenvalue weighted by Gasteiger charge is -2.09. The Balaban J connectivity index is 2.12. The van der Waals surface area contributed by atoms with E-state index in [1.54, 1.807) is 0 Å². The first-order valence-electron chi connectivity index (χ1n) is 6.70. The monoisotopic (exact) mass is 275 g/mol. The smallest absolute Gasteiger partial charge is 0.143 e. The summed E-state index contributed by atoms with van der Waals surface area (Å²) in [4.78, 5) is 1.34. The van der Waals surface area contributed by atoms with Crippen LogP contribution in [0.2, 0.25) is 0 Å². The fraction of sp³-hybridized carbons (Fsp3) is 0.467. The third kappa shape index (κ3) is 3.38. The Morgan fingerprint density at radius 1 is 1.16 bits per heavy atom. The van der Waals surface area contributed by atoms with Crippen molar-refractivity contribution in [1.82, 2.24) is 14.8 Å². The standard InChI is InChI=1S/C15H21N3S/c1-5-8-18-13(4)16-17-15(18)10-19-14-9-11(2)6-7-12(14)3/h6-7,9H,5,8,10H2,1-4H3. The van der Waals surface area contributed by atoms with Gasteiger partial charge in [-0.3, -0.25) is 0 Å². The Labute approximate surface area is 119 Å². The molecule has 1 heterocycles. The Bertz CT molecular complexity index is 561. The first-order valence-corrected chi connectivity index (χ1v) is 7.69. The van der Waals surface area contributed by atoms with Crippen LogP contribution in [0.1, 0.15) is 36.1 Å². The van der Waals surface area contributed by atoms with Crippen LogP contribution in [0.5, 0.6) is 0 Å². The van der Waals surface area contributed by atoms with Crippen molar-refractivity contribution in [3.63, 3.8) is 0 Å². The molecule has 0 fully saturated rings. The molecule has 0 bridgehead atoms. The molecule has 0 unspecified atom stereocenters. The van der Waals surface area contributed by atoms with Crippen molar-refractivity contribution in [3.8, 4) is 0 Å². The van der Waals surface area contributed by atoms with Crippen LogP contribution < -0.4 is 0 Å². The van der Waals surface area contributed by atoms with Crippen molar-refractivity contribution in [3.05, 3.63) is 41.0 Å². The van der Waals surface area contributed by atoms with Crippen molar-refractivity contribution in [2.45, 2.75) is 51.3 Å². The molecule has 0 saturated carbocycles. The highest BCUT2D eigenvalue weighted by Crippen LogP contribution is 2.26. The van der Waals surface area contributed by atoms with Crippen LogP contribution in [0.3, 0.4) is 0 Å². The second-order valence-electron chi connectivity index (χ2n) is 4.87. The number of nitrogens with zero attached hydrogens (tertiary/aromatic N) is 3. The molecule has 2 aromatic rings. The molecule has 19 heavy (non-hydrogen) atoms. The minimum atomic E-state index is 0.880. The van der Waals surface area contributed by atoms with Crippen molar-refractivity contribution >= 4 is 11.8 Å². The topological polar surface area (TPSA) is 30.7 Å². The Hall–Kier alpha value is -1.29. The zero-order chi connectivity index (χ0) is 13.8. The SMILES string of the molecule is CCCn1c(C)nnc1CSc1cc(C)ccc1C. The number of hydrogen-bond donors (Lipinski definition) is 0. The maximum Gasteiger partial charge on any atom is 0.143 e. The lowest BCUT2D eigenvalue weighted by Crippen LogP contribution is -2.04. The van der Waals surface area contributed by atoms with Crippen LogP contribution in [-0.2, 0) is 12.3 Å². The molecule has 0 N–H and O–H groups in total. The maximum absolute atomic E-state index is 4.29. The average Bonchev–Trinajstić information content (AvgIpc) is 2.73. The van der Waals surface area contributed by atoms with E-state index in [2.05, 4.69) is 53.7 Å². The van der Waals surface area contributed by atoms with E-state index in [1.807, 2.05) is 18.7 Å². The number of benzene rings is 1. The number of hydrogen-bond acceptors (Lipinski definition) is 3. The summed E-state index contributed by atoms with van der Waals surface area (Å²) in [5, 5.41) is 8.48. The van der Waals surface area contributed by atoms with E-state index in [4.69, 9.17) is 0 Å². The Kier molecular flexibility index (Phi) is 4.64. The van der Waals surface area contributed by atoms with Gasteiger partial charge in [-0.15, -0.1) is 22.0 Å². The molecule has 102 valence electrons. The van der Waals surface area contributed by atoms with Gasteiger partial charge < -0.3 is 4.57 Å². The molecule has 1 aromatic carbocycles. The fourth-order valence-electron chi connectivity index (χ4n) is 2.05. The van der Waals surface area contributed by atoms with Gasteiger partial charge in [0, 0.05) is 11.4 Å². The number of rotatable bonds is 5. The van der Waals surface area contributed by atoms with Gasteiger partial charge in [0.15, 0.2) is 0 Å². The summed E-state index contributed by atoms with van der Waals surface area (Å²) in [5.41, 5.74) is 2.63. The molecule has 0 aliphatic rings. The summed E-state index contributed by atoms with van der Waals surface area (Å²) in [6, 6.07) is 6.58. The van der Waals surface area contributed by atoms with Gasteiger partial charge in [0.05, 0.1) is 5.75 Å². The van der Waals surface area contributed by atoms with E-state index in [-0.39, 0.29) is 0 Å². The molecule has 3 nitrogen and oxygen atoms in total. The maximum atomic E-state index is 4.29. The van der Waals surface area contributed by atoms with Crippen LogP contribution in [0.4, 0.5) is 0 Å². The first-order chi connectivity index (χ1) is 9.11. The Morgan fingerprint density at radius 2 is 1.95 bits per heavy atom. The molecule has 0 saturated heterocycles. The van der Waals surface area contributed by atoms with E-state index >= 15 is 0 Å². The molecular formula is C15H21N3S. The van der Waals surface area contributed by atoms with E-state index in [9.17, 15) is 0 Å². The van der Waals surface area contributed by atoms with E-state index in [0.29, 0.717) is 0 Å². The normalized spacial score (nSPS) is 10.9. The molecule has 0 aliphatic carbocycles. The molecule has 0 spiro atoms. The van der Waals surface area contributed by atoms with Gasteiger partial charge in [-0.25, -0.2) is 0 Å². The van der Waals surface area contributed by atoms with Gasteiger partial charge in [-0.2, -0.15) is 0 Å². The molecule has 1 aromatic heterocycles. The first kappa shape index (κ1) is 14.1. The zero-order valence-corrected chi connectivity index (χ0v) is 12.9. The van der Waals surface area contributed by atoms with Crippen molar-refractivity contribution in [1.29, 1.82) is 0 Å². The van der Waals surface area contributed by atoms with Crippen LogP contribution in [0.25, 0.3) is 0 Å². The quantitative estimate of drug-likeness (QED) is 0.775. The van der Waals surface area contributed by atoms with E-state index in [0.717, 1.165) is 30.4 Å². The number of aromatic nitrogens is 3. The number of thioether (sulfide) groups is 1. The van der Waals surface area contributed by atoms with Gasteiger partial charge in [0.2, 0.25) is 0 Å². The van der Waals surface area contributed by atoms with Crippen LogP contribution in [0.15, 0.2) is 23.1 Å². The second kappa shape index (κ2) is 6.24.